The van der Waals surface area contributed by atoms with Gasteiger partial charge >= 0.3 is 0 Å². The summed E-state index contributed by atoms with van der Waals surface area (Å²) < 4.78 is 66.0. The number of hydrogen-bond donors (Lipinski definition) is 1. The van der Waals surface area contributed by atoms with Crippen LogP contribution in [0.25, 0.3) is 0 Å². The van der Waals surface area contributed by atoms with Gasteiger partial charge in [-0.15, -0.1) is 0 Å². The largest absolute Gasteiger partial charge is 0.374 e. The van der Waals surface area contributed by atoms with E-state index in [4.69, 9.17) is 0 Å². The Morgan fingerprint density at radius 1 is 0.950 bits per heavy atom. The maximum absolute atomic E-state index is 13.5. The summed E-state index contributed by atoms with van der Waals surface area (Å²) in [7, 11) is 0. The number of halogens is 5. The maximum Gasteiger partial charge on any atom is 0.185 e. The fourth-order valence-electron chi connectivity index (χ4n) is 1.66. The van der Waals surface area contributed by atoms with Crippen LogP contribution in [0.1, 0.15) is 18.5 Å². The van der Waals surface area contributed by atoms with Gasteiger partial charge < -0.3 is 5.32 Å². The molecule has 1 aromatic carbocycles. The van der Waals surface area contributed by atoms with Gasteiger partial charge in [0.05, 0.1) is 12.2 Å². The van der Waals surface area contributed by atoms with Crippen molar-refractivity contribution in [1.29, 1.82) is 0 Å². The van der Waals surface area contributed by atoms with Crippen LogP contribution in [0.4, 0.5) is 27.6 Å². The van der Waals surface area contributed by atoms with E-state index in [1.165, 1.54) is 13.1 Å². The van der Waals surface area contributed by atoms with E-state index in [-0.39, 0.29) is 11.6 Å². The molecule has 0 saturated carbocycles. The second-order valence-corrected chi connectivity index (χ2v) is 4.15. The van der Waals surface area contributed by atoms with Gasteiger partial charge in [0, 0.05) is 12.3 Å². The molecule has 2 nitrogen and oxygen atoms in total. The van der Waals surface area contributed by atoms with Gasteiger partial charge in [0.2, 0.25) is 0 Å². The van der Waals surface area contributed by atoms with E-state index in [9.17, 15) is 22.0 Å². The average molecular weight is 288 g/mol. The molecule has 20 heavy (non-hydrogen) atoms. The lowest BCUT2D eigenvalue weighted by Crippen LogP contribution is -2.12. The van der Waals surface area contributed by atoms with Crippen LogP contribution in [0.3, 0.4) is 0 Å². The van der Waals surface area contributed by atoms with Crippen LogP contribution in [-0.4, -0.2) is 4.98 Å². The van der Waals surface area contributed by atoms with E-state index in [2.05, 4.69) is 10.3 Å². The van der Waals surface area contributed by atoms with E-state index in [0.717, 1.165) is 12.3 Å². The van der Waals surface area contributed by atoms with Crippen LogP contribution in [-0.2, 0) is 0 Å². The molecule has 0 spiro atoms. The Morgan fingerprint density at radius 3 is 2.10 bits per heavy atom. The summed E-state index contributed by atoms with van der Waals surface area (Å²) >= 11 is 0. The molecule has 0 aliphatic carbocycles. The number of nitrogens with zero attached hydrogens (tertiary/aromatic N) is 1. The first-order chi connectivity index (χ1) is 9.40. The molecule has 2 rings (SSSR count). The molecule has 0 aliphatic rings. The quantitative estimate of drug-likeness (QED) is 0.683. The number of benzene rings is 1. The Bertz CT molecular complexity index is 619. The smallest absolute Gasteiger partial charge is 0.185 e. The third kappa shape index (κ3) is 2.71. The van der Waals surface area contributed by atoms with Crippen LogP contribution in [0.2, 0.25) is 0 Å². The molecule has 2 aromatic rings. The lowest BCUT2D eigenvalue weighted by atomic mass is 10.1. The molecule has 0 saturated heterocycles. The second kappa shape index (κ2) is 5.44. The molecule has 1 atom stereocenters. The van der Waals surface area contributed by atoms with E-state index >= 15 is 0 Å². The Kier molecular flexibility index (Phi) is 3.87. The zero-order valence-corrected chi connectivity index (χ0v) is 10.2. The average Bonchev–Trinajstić information content (AvgIpc) is 2.41. The van der Waals surface area contributed by atoms with Crippen molar-refractivity contribution in [3.05, 3.63) is 59.2 Å². The van der Waals surface area contributed by atoms with Crippen molar-refractivity contribution < 1.29 is 22.0 Å². The molecule has 0 aliphatic heterocycles. The van der Waals surface area contributed by atoms with Crippen molar-refractivity contribution in [2.45, 2.75) is 13.0 Å². The normalized spacial score (nSPS) is 12.3. The van der Waals surface area contributed by atoms with Crippen molar-refractivity contribution in [2.75, 3.05) is 5.32 Å². The maximum atomic E-state index is 13.5. The predicted octanol–water partition coefficient (Wildman–Crippen LogP) is 3.95. The minimum atomic E-state index is -1.54. The first-order valence-corrected chi connectivity index (χ1v) is 5.60. The van der Waals surface area contributed by atoms with Crippen LogP contribution in [0.15, 0.2) is 24.5 Å². The number of pyridine rings is 1. The molecule has 0 fully saturated rings. The molecule has 0 amide bonds. The zero-order chi connectivity index (χ0) is 14.9. The number of nitrogens with one attached hydrogen (secondary N) is 1. The molecular weight excluding hydrogens is 279 g/mol. The van der Waals surface area contributed by atoms with Gasteiger partial charge in [-0.1, -0.05) is 0 Å². The summed E-state index contributed by atoms with van der Waals surface area (Å²) in [6.45, 7) is 1.44. The van der Waals surface area contributed by atoms with E-state index in [1.54, 1.807) is 0 Å². The fourth-order valence-corrected chi connectivity index (χ4v) is 1.66. The van der Waals surface area contributed by atoms with E-state index in [0.29, 0.717) is 0 Å². The van der Waals surface area contributed by atoms with Crippen molar-refractivity contribution in [1.82, 2.24) is 4.98 Å². The summed E-state index contributed by atoms with van der Waals surface area (Å²) in [6.07, 6.45) is 2.23. The van der Waals surface area contributed by atoms with Crippen LogP contribution >= 0.6 is 0 Å². The van der Waals surface area contributed by atoms with Crippen LogP contribution < -0.4 is 5.32 Å². The summed E-state index contributed by atoms with van der Waals surface area (Å²) in [4.78, 5) is 3.58. The lowest BCUT2D eigenvalue weighted by Gasteiger charge is -2.17. The molecule has 7 heteroatoms. The van der Waals surface area contributed by atoms with Gasteiger partial charge in [0.25, 0.3) is 0 Å². The Morgan fingerprint density at radius 2 is 1.55 bits per heavy atom. The zero-order valence-electron chi connectivity index (χ0n) is 10.2. The van der Waals surface area contributed by atoms with Crippen LogP contribution in [0, 0.1) is 29.1 Å². The Balaban J connectivity index is 2.35. The summed E-state index contributed by atoms with van der Waals surface area (Å²) in [5.41, 5.74) is -0.673. The van der Waals surface area contributed by atoms with Gasteiger partial charge in [-0.2, -0.15) is 0 Å². The third-order valence-electron chi connectivity index (χ3n) is 2.70. The third-order valence-corrected chi connectivity index (χ3v) is 2.70. The van der Waals surface area contributed by atoms with Crippen molar-refractivity contribution in [3.8, 4) is 0 Å². The van der Waals surface area contributed by atoms with Crippen LogP contribution in [0.5, 0.6) is 0 Å². The molecule has 0 bridgehead atoms. The second-order valence-electron chi connectivity index (χ2n) is 4.15. The SMILES string of the molecule is CC(Nc1c(F)c(F)cc(F)c1F)c1cncc(F)c1. The standard InChI is InChI=1S/C13H9F5N2/c1-6(7-2-8(14)5-19-4-7)20-13-11(17)9(15)3-10(16)12(13)18/h2-6,20H,1H3. The first kappa shape index (κ1) is 14.2. The van der Waals surface area contributed by atoms with Gasteiger partial charge in [0.1, 0.15) is 11.5 Å². The Hall–Kier alpha value is -2.18. The van der Waals surface area contributed by atoms with E-state index in [1.807, 2.05) is 0 Å². The molecule has 1 heterocycles. The predicted molar refractivity (Wildman–Crippen MR) is 62.5 cm³/mol. The number of rotatable bonds is 3. The van der Waals surface area contributed by atoms with E-state index < -0.39 is 40.8 Å². The topological polar surface area (TPSA) is 24.9 Å². The fraction of sp³-hybridized carbons (Fsp3) is 0.154. The molecule has 0 radical (unpaired) electrons. The Labute approximate surface area is 111 Å². The summed E-state index contributed by atoms with van der Waals surface area (Å²) in [6, 6.07) is 0.406. The number of hydrogen-bond acceptors (Lipinski definition) is 2. The van der Waals surface area contributed by atoms with Gasteiger partial charge in [0.15, 0.2) is 23.3 Å². The highest BCUT2D eigenvalue weighted by atomic mass is 19.2. The van der Waals surface area contributed by atoms with Gasteiger partial charge in [-0.25, -0.2) is 22.0 Å². The van der Waals surface area contributed by atoms with Crippen molar-refractivity contribution in [3.63, 3.8) is 0 Å². The molecule has 1 unspecified atom stereocenters. The molecule has 106 valence electrons. The number of aromatic nitrogens is 1. The lowest BCUT2D eigenvalue weighted by molar-refractivity contribution is 0.457. The molecular formula is C13H9F5N2. The monoisotopic (exact) mass is 288 g/mol. The number of anilines is 1. The summed E-state index contributed by atoms with van der Waals surface area (Å²) in [5, 5.41) is 2.27. The highest BCUT2D eigenvalue weighted by Crippen LogP contribution is 2.27. The molecule has 1 aromatic heterocycles. The van der Waals surface area contributed by atoms with Crippen molar-refractivity contribution in [2.24, 2.45) is 0 Å². The van der Waals surface area contributed by atoms with Gasteiger partial charge in [-0.3, -0.25) is 4.98 Å². The van der Waals surface area contributed by atoms with Gasteiger partial charge in [-0.05, 0) is 18.6 Å². The summed E-state index contributed by atoms with van der Waals surface area (Å²) in [5.74, 6) is -6.75. The first-order valence-electron chi connectivity index (χ1n) is 5.60. The van der Waals surface area contributed by atoms with Crippen molar-refractivity contribution >= 4 is 5.69 Å². The minimum Gasteiger partial charge on any atom is -0.374 e. The highest BCUT2D eigenvalue weighted by molar-refractivity contribution is 5.49. The molecule has 1 N–H and O–H groups in total. The minimum absolute atomic E-state index is 0.115. The highest BCUT2D eigenvalue weighted by Gasteiger charge is 2.21.